The Bertz CT molecular complexity index is 760. The molecule has 2 heterocycles. The van der Waals surface area contributed by atoms with E-state index in [4.69, 9.17) is 11.6 Å². The molecule has 0 amide bonds. The Balaban J connectivity index is 2.13. The van der Waals surface area contributed by atoms with Gasteiger partial charge in [-0.2, -0.15) is 0 Å². The Kier molecular flexibility index (Phi) is 3.05. The molecule has 0 saturated carbocycles. The summed E-state index contributed by atoms with van der Waals surface area (Å²) in [4.78, 5) is 11.3. The second kappa shape index (κ2) is 4.72. The van der Waals surface area contributed by atoms with Gasteiger partial charge in [0.15, 0.2) is 0 Å². The molecule has 96 valence electrons. The molecule has 3 aromatic rings. The Labute approximate surface area is 118 Å². The molecule has 0 aliphatic rings. The van der Waals surface area contributed by atoms with Gasteiger partial charge in [-0.05, 0) is 29.1 Å². The van der Waals surface area contributed by atoms with E-state index in [0.717, 1.165) is 15.8 Å². The van der Waals surface area contributed by atoms with Gasteiger partial charge in [0, 0.05) is 11.6 Å². The van der Waals surface area contributed by atoms with E-state index in [2.05, 4.69) is 0 Å². The molecule has 3 rings (SSSR count). The zero-order valence-corrected chi connectivity index (χ0v) is 11.4. The summed E-state index contributed by atoms with van der Waals surface area (Å²) in [5.74, 6) is -0.921. The summed E-state index contributed by atoms with van der Waals surface area (Å²) >= 11 is 7.68. The number of nitrogens with zero attached hydrogens (tertiary/aromatic N) is 1. The first kappa shape index (κ1) is 12.3. The number of halogens is 1. The molecule has 0 unspecified atom stereocenters. The van der Waals surface area contributed by atoms with Crippen LogP contribution in [-0.2, 0) is 6.54 Å². The highest BCUT2D eigenvalue weighted by atomic mass is 35.5. The maximum atomic E-state index is 11.3. The molecule has 0 spiro atoms. The van der Waals surface area contributed by atoms with Gasteiger partial charge in [-0.1, -0.05) is 29.8 Å². The van der Waals surface area contributed by atoms with E-state index < -0.39 is 5.97 Å². The van der Waals surface area contributed by atoms with Gasteiger partial charge in [0.1, 0.15) is 5.69 Å². The van der Waals surface area contributed by atoms with Crippen LogP contribution in [0.5, 0.6) is 0 Å². The third-order valence-corrected chi connectivity index (χ3v) is 4.25. The predicted octanol–water partition coefficient (Wildman–Crippen LogP) is 4.10. The van der Waals surface area contributed by atoms with E-state index >= 15 is 0 Å². The van der Waals surface area contributed by atoms with E-state index in [-0.39, 0.29) is 0 Å². The number of hydrogen-bond acceptors (Lipinski definition) is 2. The van der Waals surface area contributed by atoms with Crippen molar-refractivity contribution in [3.63, 3.8) is 0 Å². The van der Waals surface area contributed by atoms with Crippen LogP contribution in [0.1, 0.15) is 16.1 Å². The standard InChI is InChI=1S/C14H10ClNO2S/c15-10-4-2-1-3-9(10)8-16-11-5-6-19-13(11)7-12(16)14(17)18/h1-7H,8H2,(H,17,18). The van der Waals surface area contributed by atoms with E-state index in [1.807, 2.05) is 35.7 Å². The van der Waals surface area contributed by atoms with Crippen LogP contribution in [0, 0.1) is 0 Å². The van der Waals surface area contributed by atoms with Crippen molar-refractivity contribution in [3.05, 3.63) is 58.1 Å². The Morgan fingerprint density at radius 1 is 1.32 bits per heavy atom. The molecule has 0 bridgehead atoms. The number of carboxylic acid groups (broad SMARTS) is 1. The summed E-state index contributed by atoms with van der Waals surface area (Å²) in [5.41, 5.74) is 2.14. The summed E-state index contributed by atoms with van der Waals surface area (Å²) in [6.45, 7) is 0.460. The lowest BCUT2D eigenvalue weighted by molar-refractivity contribution is 0.0686. The van der Waals surface area contributed by atoms with Gasteiger partial charge >= 0.3 is 5.97 Å². The minimum Gasteiger partial charge on any atom is -0.477 e. The number of carboxylic acids is 1. The second-order valence-corrected chi connectivity index (χ2v) is 5.54. The predicted molar refractivity (Wildman–Crippen MR) is 77.3 cm³/mol. The molecular weight excluding hydrogens is 282 g/mol. The van der Waals surface area contributed by atoms with Crippen molar-refractivity contribution in [3.8, 4) is 0 Å². The molecule has 2 aromatic heterocycles. The van der Waals surface area contributed by atoms with Gasteiger partial charge < -0.3 is 9.67 Å². The van der Waals surface area contributed by atoms with Crippen molar-refractivity contribution in [2.75, 3.05) is 0 Å². The fourth-order valence-corrected chi connectivity index (χ4v) is 3.14. The summed E-state index contributed by atoms with van der Waals surface area (Å²) in [6.07, 6.45) is 0. The quantitative estimate of drug-likeness (QED) is 0.789. The monoisotopic (exact) mass is 291 g/mol. The van der Waals surface area contributed by atoms with E-state index in [0.29, 0.717) is 17.3 Å². The highest BCUT2D eigenvalue weighted by Crippen LogP contribution is 2.27. The first-order valence-electron chi connectivity index (χ1n) is 5.70. The topological polar surface area (TPSA) is 42.2 Å². The number of hydrogen-bond donors (Lipinski definition) is 1. The number of aromatic carboxylic acids is 1. The minimum atomic E-state index is -0.921. The molecule has 1 N–H and O–H groups in total. The number of carbonyl (C=O) groups is 1. The van der Waals surface area contributed by atoms with Crippen LogP contribution in [0.4, 0.5) is 0 Å². The molecule has 19 heavy (non-hydrogen) atoms. The molecule has 5 heteroatoms. The normalized spacial score (nSPS) is 11.0. The highest BCUT2D eigenvalue weighted by Gasteiger charge is 2.16. The van der Waals surface area contributed by atoms with E-state index in [9.17, 15) is 9.90 Å². The molecule has 0 aliphatic heterocycles. The van der Waals surface area contributed by atoms with Crippen molar-refractivity contribution in [1.29, 1.82) is 0 Å². The van der Waals surface area contributed by atoms with Crippen LogP contribution < -0.4 is 0 Å². The van der Waals surface area contributed by atoms with Gasteiger partial charge in [0.25, 0.3) is 0 Å². The lowest BCUT2D eigenvalue weighted by Gasteiger charge is -2.09. The lowest BCUT2D eigenvalue weighted by atomic mass is 10.2. The Morgan fingerprint density at radius 3 is 2.84 bits per heavy atom. The van der Waals surface area contributed by atoms with Gasteiger partial charge in [0.2, 0.25) is 0 Å². The van der Waals surface area contributed by atoms with Crippen molar-refractivity contribution < 1.29 is 9.90 Å². The summed E-state index contributed by atoms with van der Waals surface area (Å²) < 4.78 is 2.76. The number of benzene rings is 1. The van der Waals surface area contributed by atoms with Crippen LogP contribution in [0.3, 0.4) is 0 Å². The van der Waals surface area contributed by atoms with Crippen LogP contribution >= 0.6 is 22.9 Å². The van der Waals surface area contributed by atoms with Crippen molar-refractivity contribution in [2.45, 2.75) is 6.54 Å². The largest absolute Gasteiger partial charge is 0.477 e. The summed E-state index contributed by atoms with van der Waals surface area (Å²) in [7, 11) is 0. The van der Waals surface area contributed by atoms with Crippen molar-refractivity contribution in [1.82, 2.24) is 4.57 Å². The van der Waals surface area contributed by atoms with Gasteiger partial charge in [-0.3, -0.25) is 0 Å². The van der Waals surface area contributed by atoms with Crippen LogP contribution in [0.15, 0.2) is 41.8 Å². The van der Waals surface area contributed by atoms with Crippen LogP contribution in [0.25, 0.3) is 10.2 Å². The molecular formula is C14H10ClNO2S. The van der Waals surface area contributed by atoms with Crippen molar-refractivity contribution in [2.24, 2.45) is 0 Å². The summed E-state index contributed by atoms with van der Waals surface area (Å²) in [6, 6.07) is 11.1. The third kappa shape index (κ3) is 2.13. The number of rotatable bonds is 3. The number of aromatic nitrogens is 1. The maximum Gasteiger partial charge on any atom is 0.352 e. The van der Waals surface area contributed by atoms with Crippen LogP contribution in [-0.4, -0.2) is 15.6 Å². The molecule has 0 fully saturated rings. The Hall–Kier alpha value is -1.78. The summed E-state index contributed by atoms with van der Waals surface area (Å²) in [5, 5.41) is 11.9. The third-order valence-electron chi connectivity index (χ3n) is 3.03. The molecule has 1 aromatic carbocycles. The first-order valence-corrected chi connectivity index (χ1v) is 6.96. The zero-order chi connectivity index (χ0) is 13.4. The van der Waals surface area contributed by atoms with E-state index in [1.54, 1.807) is 10.6 Å². The minimum absolute atomic E-state index is 0.293. The molecule has 0 atom stereocenters. The average molecular weight is 292 g/mol. The second-order valence-electron chi connectivity index (χ2n) is 4.18. The molecule has 0 radical (unpaired) electrons. The SMILES string of the molecule is O=C(O)c1cc2sccc2n1Cc1ccccc1Cl. The number of thiophene rings is 1. The fraction of sp³-hybridized carbons (Fsp3) is 0.0714. The first-order chi connectivity index (χ1) is 9.16. The van der Waals surface area contributed by atoms with E-state index in [1.165, 1.54) is 11.3 Å². The maximum absolute atomic E-state index is 11.3. The van der Waals surface area contributed by atoms with Gasteiger partial charge in [-0.25, -0.2) is 4.79 Å². The van der Waals surface area contributed by atoms with Gasteiger partial charge in [-0.15, -0.1) is 11.3 Å². The number of fused-ring (bicyclic) bond motifs is 1. The van der Waals surface area contributed by atoms with Crippen LogP contribution in [0.2, 0.25) is 5.02 Å². The molecule has 0 aliphatic carbocycles. The molecule has 0 saturated heterocycles. The molecule has 3 nitrogen and oxygen atoms in total. The zero-order valence-electron chi connectivity index (χ0n) is 9.84. The smallest absolute Gasteiger partial charge is 0.352 e. The lowest BCUT2D eigenvalue weighted by Crippen LogP contribution is -2.09. The highest BCUT2D eigenvalue weighted by molar-refractivity contribution is 7.17. The Morgan fingerprint density at radius 2 is 2.11 bits per heavy atom. The van der Waals surface area contributed by atoms with Gasteiger partial charge in [0.05, 0.1) is 10.2 Å². The fourth-order valence-electron chi connectivity index (χ4n) is 2.12. The van der Waals surface area contributed by atoms with Crippen molar-refractivity contribution >= 4 is 39.1 Å². The average Bonchev–Trinajstić information content (AvgIpc) is 2.94.